The van der Waals surface area contributed by atoms with Gasteiger partial charge in [0.2, 0.25) is 11.8 Å². The summed E-state index contributed by atoms with van der Waals surface area (Å²) in [7, 11) is 0. The first kappa shape index (κ1) is 16.2. The molecule has 1 aromatic rings. The van der Waals surface area contributed by atoms with Crippen LogP contribution >= 0.6 is 0 Å². The molecule has 3 N–H and O–H groups in total. The maximum absolute atomic E-state index is 12.3. The van der Waals surface area contributed by atoms with Crippen molar-refractivity contribution in [2.45, 2.75) is 31.7 Å². The van der Waals surface area contributed by atoms with Crippen molar-refractivity contribution < 1.29 is 14.7 Å². The minimum Gasteiger partial charge on any atom is -0.396 e. The van der Waals surface area contributed by atoms with Gasteiger partial charge in [-0.15, -0.1) is 0 Å². The zero-order chi connectivity index (χ0) is 15.9. The molecule has 0 radical (unpaired) electrons. The summed E-state index contributed by atoms with van der Waals surface area (Å²) in [5.41, 5.74) is 6.48. The van der Waals surface area contributed by atoms with Crippen molar-refractivity contribution >= 4 is 17.9 Å². The molecule has 0 saturated carbocycles. The Bertz CT molecular complexity index is 550. The SMILES string of the molecule is NC(=O)c1ccc(/C=C/C(=O)N2CCCCC2CCO)cc1. The van der Waals surface area contributed by atoms with Gasteiger partial charge in [0.1, 0.15) is 0 Å². The third-order valence-electron chi connectivity index (χ3n) is 3.99. The summed E-state index contributed by atoms with van der Waals surface area (Å²) in [5, 5.41) is 9.10. The van der Waals surface area contributed by atoms with Crippen molar-refractivity contribution in [3.05, 3.63) is 41.5 Å². The Morgan fingerprint density at radius 3 is 2.64 bits per heavy atom. The third-order valence-corrected chi connectivity index (χ3v) is 3.99. The average molecular weight is 302 g/mol. The van der Waals surface area contributed by atoms with Crippen LogP contribution in [0.1, 0.15) is 41.6 Å². The van der Waals surface area contributed by atoms with Crippen LogP contribution in [0.15, 0.2) is 30.3 Å². The first-order chi connectivity index (χ1) is 10.6. The molecule has 0 bridgehead atoms. The van der Waals surface area contributed by atoms with Crippen molar-refractivity contribution in [2.75, 3.05) is 13.2 Å². The van der Waals surface area contributed by atoms with E-state index >= 15 is 0 Å². The fourth-order valence-corrected chi connectivity index (χ4v) is 2.76. The lowest BCUT2D eigenvalue weighted by Crippen LogP contribution is -2.43. The molecule has 2 amide bonds. The van der Waals surface area contributed by atoms with Gasteiger partial charge in [-0.05, 0) is 49.5 Å². The second-order valence-electron chi connectivity index (χ2n) is 5.51. The molecule has 1 aliphatic heterocycles. The Kier molecular flexibility index (Phi) is 5.72. The molecule has 22 heavy (non-hydrogen) atoms. The summed E-state index contributed by atoms with van der Waals surface area (Å²) in [5.74, 6) is -0.496. The summed E-state index contributed by atoms with van der Waals surface area (Å²) in [6, 6.07) is 6.92. The van der Waals surface area contributed by atoms with E-state index in [4.69, 9.17) is 10.8 Å². The number of nitrogens with two attached hydrogens (primary N) is 1. The van der Waals surface area contributed by atoms with Gasteiger partial charge in [0, 0.05) is 30.8 Å². The zero-order valence-corrected chi connectivity index (χ0v) is 12.6. The van der Waals surface area contributed by atoms with E-state index < -0.39 is 5.91 Å². The van der Waals surface area contributed by atoms with Crippen LogP contribution in [0.5, 0.6) is 0 Å². The predicted molar refractivity (Wildman–Crippen MR) is 85.0 cm³/mol. The molecule has 118 valence electrons. The molecule has 1 aromatic carbocycles. The monoisotopic (exact) mass is 302 g/mol. The number of piperidine rings is 1. The van der Waals surface area contributed by atoms with E-state index in [9.17, 15) is 9.59 Å². The maximum atomic E-state index is 12.3. The van der Waals surface area contributed by atoms with Crippen molar-refractivity contribution in [1.29, 1.82) is 0 Å². The minimum atomic E-state index is -0.466. The number of hydrogen-bond acceptors (Lipinski definition) is 3. The average Bonchev–Trinajstić information content (AvgIpc) is 2.54. The number of hydrogen-bond donors (Lipinski definition) is 2. The van der Waals surface area contributed by atoms with Gasteiger partial charge in [-0.25, -0.2) is 0 Å². The van der Waals surface area contributed by atoms with Gasteiger partial charge in [0.15, 0.2) is 0 Å². The number of rotatable bonds is 5. The highest BCUT2D eigenvalue weighted by molar-refractivity contribution is 5.94. The number of carbonyl (C=O) groups excluding carboxylic acids is 2. The van der Waals surface area contributed by atoms with E-state index in [2.05, 4.69) is 0 Å². The Morgan fingerprint density at radius 2 is 2.00 bits per heavy atom. The molecule has 5 heteroatoms. The Labute approximate surface area is 130 Å². The van der Waals surface area contributed by atoms with Gasteiger partial charge in [-0.1, -0.05) is 12.1 Å². The quantitative estimate of drug-likeness (QED) is 0.810. The van der Waals surface area contributed by atoms with Crippen LogP contribution in [0.3, 0.4) is 0 Å². The van der Waals surface area contributed by atoms with Crippen LogP contribution in [0.25, 0.3) is 6.08 Å². The molecule has 1 unspecified atom stereocenters. The summed E-state index contributed by atoms with van der Waals surface area (Å²) in [4.78, 5) is 25.2. The summed E-state index contributed by atoms with van der Waals surface area (Å²) in [6.07, 6.45) is 6.98. The van der Waals surface area contributed by atoms with Gasteiger partial charge < -0.3 is 15.7 Å². The molecule has 2 rings (SSSR count). The second kappa shape index (κ2) is 7.75. The third kappa shape index (κ3) is 4.18. The Balaban J connectivity index is 2.01. The van der Waals surface area contributed by atoms with E-state index in [-0.39, 0.29) is 18.6 Å². The molecule has 0 spiro atoms. The topological polar surface area (TPSA) is 83.6 Å². The number of likely N-dealkylation sites (tertiary alicyclic amines) is 1. The molecule has 1 fully saturated rings. The largest absolute Gasteiger partial charge is 0.396 e. The highest BCUT2D eigenvalue weighted by Gasteiger charge is 2.24. The van der Waals surface area contributed by atoms with Crippen molar-refractivity contribution in [3.63, 3.8) is 0 Å². The van der Waals surface area contributed by atoms with Crippen LogP contribution in [-0.4, -0.2) is 41.0 Å². The molecular formula is C17H22N2O3. The molecule has 0 aliphatic carbocycles. The van der Waals surface area contributed by atoms with Crippen LogP contribution < -0.4 is 5.73 Å². The normalized spacial score (nSPS) is 18.6. The lowest BCUT2D eigenvalue weighted by molar-refractivity contribution is -0.129. The van der Waals surface area contributed by atoms with Gasteiger partial charge >= 0.3 is 0 Å². The first-order valence-electron chi connectivity index (χ1n) is 7.61. The Hall–Kier alpha value is -2.14. The zero-order valence-electron chi connectivity index (χ0n) is 12.6. The second-order valence-corrected chi connectivity index (χ2v) is 5.51. The van der Waals surface area contributed by atoms with Crippen LogP contribution in [-0.2, 0) is 4.79 Å². The highest BCUT2D eigenvalue weighted by atomic mass is 16.3. The fraction of sp³-hybridized carbons (Fsp3) is 0.412. The predicted octanol–water partition coefficient (Wildman–Crippen LogP) is 1.56. The molecule has 1 atom stereocenters. The standard InChI is InChI=1S/C17H22N2O3/c18-17(22)14-7-4-13(5-8-14)6-9-16(21)19-11-2-1-3-15(19)10-12-20/h4-9,15,20H,1-3,10-12H2,(H2,18,22)/b9-6+. The van der Waals surface area contributed by atoms with Gasteiger partial charge in [-0.3, -0.25) is 9.59 Å². The van der Waals surface area contributed by atoms with E-state index in [1.165, 1.54) is 0 Å². The van der Waals surface area contributed by atoms with Crippen molar-refractivity contribution in [3.8, 4) is 0 Å². The number of amides is 2. The van der Waals surface area contributed by atoms with Gasteiger partial charge in [0.25, 0.3) is 0 Å². The van der Waals surface area contributed by atoms with Crippen molar-refractivity contribution in [1.82, 2.24) is 4.90 Å². The lowest BCUT2D eigenvalue weighted by Gasteiger charge is -2.34. The summed E-state index contributed by atoms with van der Waals surface area (Å²) < 4.78 is 0. The van der Waals surface area contributed by atoms with Crippen LogP contribution in [0.2, 0.25) is 0 Å². The lowest BCUT2D eigenvalue weighted by atomic mass is 9.99. The van der Waals surface area contributed by atoms with Gasteiger partial charge in [-0.2, -0.15) is 0 Å². The summed E-state index contributed by atoms with van der Waals surface area (Å²) in [6.45, 7) is 0.848. The first-order valence-corrected chi connectivity index (χ1v) is 7.61. The fourth-order valence-electron chi connectivity index (χ4n) is 2.76. The van der Waals surface area contributed by atoms with Gasteiger partial charge in [0.05, 0.1) is 0 Å². The molecule has 1 aliphatic rings. The van der Waals surface area contributed by atoms with Crippen LogP contribution in [0, 0.1) is 0 Å². The van der Waals surface area contributed by atoms with Crippen molar-refractivity contribution in [2.24, 2.45) is 5.73 Å². The number of aliphatic hydroxyl groups excluding tert-OH is 1. The molecule has 5 nitrogen and oxygen atoms in total. The molecular weight excluding hydrogens is 280 g/mol. The smallest absolute Gasteiger partial charge is 0.248 e. The minimum absolute atomic E-state index is 0.0304. The van der Waals surface area contributed by atoms with E-state index in [1.54, 1.807) is 36.4 Å². The van der Waals surface area contributed by atoms with Crippen LogP contribution in [0.4, 0.5) is 0 Å². The van der Waals surface area contributed by atoms with E-state index in [1.807, 2.05) is 4.90 Å². The molecule has 0 aromatic heterocycles. The molecule has 1 heterocycles. The molecule has 1 saturated heterocycles. The maximum Gasteiger partial charge on any atom is 0.248 e. The van der Waals surface area contributed by atoms with E-state index in [0.29, 0.717) is 12.0 Å². The Morgan fingerprint density at radius 1 is 1.27 bits per heavy atom. The number of carbonyl (C=O) groups is 2. The van der Waals surface area contributed by atoms with E-state index in [0.717, 1.165) is 31.4 Å². The summed E-state index contributed by atoms with van der Waals surface area (Å²) >= 11 is 0. The highest BCUT2D eigenvalue weighted by Crippen LogP contribution is 2.20. The number of benzene rings is 1. The number of nitrogens with zero attached hydrogens (tertiary/aromatic N) is 1. The number of aliphatic hydroxyl groups is 1. The number of primary amides is 1.